The molecule has 3 aromatic carbocycles. The van der Waals surface area contributed by atoms with E-state index in [1.807, 2.05) is 65.0 Å². The second-order valence-electron chi connectivity index (χ2n) is 21.2. The summed E-state index contributed by atoms with van der Waals surface area (Å²) >= 11 is -1.67. The summed E-state index contributed by atoms with van der Waals surface area (Å²) in [6, 6.07) is 16.9. The van der Waals surface area contributed by atoms with Gasteiger partial charge in [-0.05, 0) is 54.2 Å². The van der Waals surface area contributed by atoms with Crippen LogP contribution in [0.15, 0.2) is 91.1 Å². The summed E-state index contributed by atoms with van der Waals surface area (Å²) in [6.45, 7) is 10.3. The van der Waals surface area contributed by atoms with Gasteiger partial charge in [0.1, 0.15) is 43.0 Å². The maximum atomic E-state index is 15.4. The number of alkyl carbamates (subject to hydrolysis) is 1. The number of aromatic nitrogens is 1. The van der Waals surface area contributed by atoms with Crippen LogP contribution in [-0.4, -0.2) is 138 Å². The van der Waals surface area contributed by atoms with Crippen molar-refractivity contribution >= 4 is 67.6 Å². The van der Waals surface area contributed by atoms with E-state index in [9.17, 15) is 57.8 Å². The number of hydrogen-bond donors (Lipinski definition) is 9. The molecule has 0 aliphatic heterocycles. The number of primary amides is 1. The summed E-state index contributed by atoms with van der Waals surface area (Å²) in [7, 11) is 0. The fourth-order valence-electron chi connectivity index (χ4n) is 9.78. The van der Waals surface area contributed by atoms with Crippen molar-refractivity contribution in [2.45, 2.75) is 126 Å². The van der Waals surface area contributed by atoms with Crippen molar-refractivity contribution < 1.29 is 66.9 Å². The summed E-state index contributed by atoms with van der Waals surface area (Å²) < 4.78 is 36.3. The predicted octanol–water partition coefficient (Wildman–Crippen LogP) is 4.45. The van der Waals surface area contributed by atoms with Gasteiger partial charge in [-0.1, -0.05) is 117 Å². The lowest BCUT2D eigenvalue weighted by atomic mass is 9.82. The van der Waals surface area contributed by atoms with Gasteiger partial charge in [-0.25, -0.2) is 13.6 Å². The van der Waals surface area contributed by atoms with E-state index in [1.165, 1.54) is 11.8 Å². The molecule has 0 saturated carbocycles. The first-order valence-electron chi connectivity index (χ1n) is 26.8. The first-order chi connectivity index (χ1) is 38.3. The van der Waals surface area contributed by atoms with Crippen molar-refractivity contribution in [1.82, 2.24) is 41.4 Å². The number of benzene rings is 3. The Balaban J connectivity index is 1.63. The van der Waals surface area contributed by atoms with E-state index < -0.39 is 133 Å². The van der Waals surface area contributed by atoms with E-state index in [0.29, 0.717) is 11.3 Å². The summed E-state index contributed by atoms with van der Waals surface area (Å²) in [5, 5.41) is 36.7. The van der Waals surface area contributed by atoms with Gasteiger partial charge in [0.2, 0.25) is 41.4 Å². The first kappa shape index (κ1) is 65.8. The molecule has 1 aromatic heterocycles. The third kappa shape index (κ3) is 20.7. The van der Waals surface area contributed by atoms with Crippen molar-refractivity contribution in [3.8, 4) is 11.1 Å². The van der Waals surface area contributed by atoms with Crippen LogP contribution < -0.4 is 37.6 Å². The van der Waals surface area contributed by atoms with Crippen molar-refractivity contribution in [3.05, 3.63) is 120 Å². The van der Waals surface area contributed by atoms with Gasteiger partial charge >= 0.3 is 12.1 Å². The highest BCUT2D eigenvalue weighted by Crippen LogP contribution is 2.42. The summed E-state index contributed by atoms with van der Waals surface area (Å²) in [4.78, 5) is 120. The Morgan fingerprint density at radius 3 is 1.96 bits per heavy atom. The monoisotopic (exact) mass is 1140 g/mol. The molecule has 1 heterocycles. The number of nitrogens with one attached hydrogen (secondary N) is 6. The molecule has 0 saturated heterocycles. The molecule has 0 aliphatic rings. The second-order valence-corrected chi connectivity index (χ2v) is 25.7. The lowest BCUT2D eigenvalue weighted by Gasteiger charge is -2.41. The van der Waals surface area contributed by atoms with E-state index in [0.717, 1.165) is 34.3 Å². The number of halogens is 2. The average Bonchev–Trinajstić information content (AvgIpc) is 3.85. The number of amides is 8. The zero-order valence-electron chi connectivity index (χ0n) is 46.9. The fraction of sp³-hybridized carbons (Fsp3) is 0.456. The molecule has 0 bridgehead atoms. The number of carbonyl (C=O) groups is 9. The zero-order valence-corrected chi connectivity index (χ0v) is 48.1. The molecular weight excluding hydrogens is 1070 g/mol. The van der Waals surface area contributed by atoms with Gasteiger partial charge in [0.05, 0.1) is 19.0 Å². The second kappa shape index (κ2) is 31.4. The van der Waals surface area contributed by atoms with Gasteiger partial charge in [0.25, 0.3) is 14.1 Å². The van der Waals surface area contributed by atoms with E-state index >= 15 is 4.39 Å². The van der Waals surface area contributed by atoms with Crippen LogP contribution >= 0.6 is 0 Å². The quantitative estimate of drug-likeness (QED) is 0.0250. The Hall–Kier alpha value is -7.68. The number of carboxylic acids is 1. The number of aliphatic carboxylic acids is 1. The first-order valence-corrected chi connectivity index (χ1v) is 29.0. The summed E-state index contributed by atoms with van der Waals surface area (Å²) in [5.41, 5.74) is 6.76. The van der Waals surface area contributed by atoms with Crippen LogP contribution in [0.25, 0.3) is 11.1 Å². The Morgan fingerprint density at radius 1 is 0.753 bits per heavy atom. The number of carboxylic acid groups (broad SMARTS) is 1. The normalized spacial score (nSPS) is 13.4. The molecule has 438 valence electrons. The van der Waals surface area contributed by atoms with Crippen molar-refractivity contribution in [2.24, 2.45) is 11.1 Å². The molecule has 24 heteroatoms. The molecular formula is C57H76AlF2N9O12. The van der Waals surface area contributed by atoms with E-state index in [2.05, 4.69) is 31.9 Å². The number of aliphatic hydroxyl groups is 1. The molecule has 0 spiro atoms. The SMILES string of the molecule is C[CH2][Al]([CH2]C)[C](C)(CC(=O)O)CC(=O)NCC(=O)NCCNC(=O)[C@H](CCN(C(=O)CO)[C@@H](c1cc(-c2cc(F)ccc2F)cn1Cc1ccccc1)C(C)(C)C)NC(=O)[C@H](CC(N)=O)NC(=O)[C@H](C)NC(=O)OCc1ccccc1. The maximum Gasteiger partial charge on any atom is 0.408 e. The fourth-order valence-corrected chi connectivity index (χ4v) is 13.3. The van der Waals surface area contributed by atoms with Gasteiger partial charge in [0.15, 0.2) is 0 Å². The summed E-state index contributed by atoms with van der Waals surface area (Å²) in [5.74, 6) is -8.28. The van der Waals surface area contributed by atoms with Crippen LogP contribution in [0.5, 0.6) is 0 Å². The van der Waals surface area contributed by atoms with Crippen LogP contribution in [0, 0.1) is 17.0 Å². The molecule has 8 amide bonds. The minimum atomic E-state index is -1.72. The predicted molar refractivity (Wildman–Crippen MR) is 299 cm³/mol. The minimum absolute atomic E-state index is 0.0590. The molecule has 5 atom stereocenters. The van der Waals surface area contributed by atoms with E-state index in [4.69, 9.17) is 10.5 Å². The van der Waals surface area contributed by atoms with E-state index in [1.54, 1.807) is 54.1 Å². The van der Waals surface area contributed by atoms with Crippen LogP contribution in [0.1, 0.15) is 97.0 Å². The van der Waals surface area contributed by atoms with Crippen molar-refractivity contribution in [1.29, 1.82) is 0 Å². The summed E-state index contributed by atoms with van der Waals surface area (Å²) in [6.07, 6.45) is -0.769. The highest BCUT2D eigenvalue weighted by molar-refractivity contribution is 6.62. The Labute approximate surface area is 474 Å². The van der Waals surface area contributed by atoms with Crippen LogP contribution in [0.2, 0.25) is 14.8 Å². The standard InChI is InChI=1S/C53H66F2N9O12.2C2H5.Al/c1-32(23-47(70)71)22-44(67)59-27-45(68)57-19-20-58-50(73)40(61-51(74)41(26-43(56)66)62-49(72)33(2)60-52(75)76-31-35-14-10-7-11-15-35)18-21-64(46(69)30-65)48(53(3,4)5)42-24-36(38-25-37(54)16-17-39(38)55)29-63(42)28-34-12-8-6-9-13-34;2*1-2;/h6-17,24-25,29,33,40-41,48,65H,18-23,26-28,30-31H2,1-5H3,(H2,56,66)(H,57,68)(H,58,73)(H,59,67)(H,60,75)(H,61,74)(H,62,72)(H,70,71);2*1H2,2H3;/t33-,40-,41-,48-;;;/m0.../s1. The minimum Gasteiger partial charge on any atom is -0.481 e. The van der Waals surface area contributed by atoms with Gasteiger partial charge in [0, 0.05) is 62.0 Å². The lowest BCUT2D eigenvalue weighted by molar-refractivity contribution is -0.140. The van der Waals surface area contributed by atoms with Crippen molar-refractivity contribution in [2.75, 3.05) is 32.8 Å². The molecule has 81 heavy (non-hydrogen) atoms. The Morgan fingerprint density at radius 2 is 1.37 bits per heavy atom. The molecule has 21 nitrogen and oxygen atoms in total. The molecule has 1 unspecified atom stereocenters. The highest BCUT2D eigenvalue weighted by atomic mass is 27.2. The number of nitrogens with two attached hydrogens (primary N) is 1. The molecule has 10 N–H and O–H groups in total. The van der Waals surface area contributed by atoms with Crippen molar-refractivity contribution in [3.63, 3.8) is 0 Å². The maximum absolute atomic E-state index is 15.4. The number of aliphatic hydroxyl groups excluding tert-OH is 1. The number of hydrogen-bond acceptors (Lipinski definition) is 11. The lowest BCUT2D eigenvalue weighted by Crippen LogP contribution is -2.58. The van der Waals surface area contributed by atoms with Crippen LogP contribution in [0.4, 0.5) is 13.6 Å². The van der Waals surface area contributed by atoms with Crippen LogP contribution in [-0.2, 0) is 56.2 Å². The van der Waals surface area contributed by atoms with Gasteiger partial charge in [-0.2, -0.15) is 0 Å². The number of nitrogens with zero attached hydrogens (tertiary/aromatic N) is 2. The van der Waals surface area contributed by atoms with E-state index in [-0.39, 0.29) is 63.2 Å². The van der Waals surface area contributed by atoms with Gasteiger partial charge in [-0.3, -0.25) is 38.4 Å². The average molecular weight is 1140 g/mol. The zero-order chi connectivity index (χ0) is 60.0. The molecule has 0 fully saturated rings. The van der Waals surface area contributed by atoms with Gasteiger partial charge in [-0.15, -0.1) is 0 Å². The Kier molecular flexibility index (Phi) is 25.5. The molecule has 4 rings (SSSR count). The molecule has 4 aromatic rings. The topological polar surface area (TPSA) is 310 Å². The highest BCUT2D eigenvalue weighted by Gasteiger charge is 2.41. The van der Waals surface area contributed by atoms with Crippen LogP contribution in [0.3, 0.4) is 0 Å². The largest absolute Gasteiger partial charge is 0.481 e. The number of ether oxygens (including phenoxy) is 1. The Bertz CT molecular complexity index is 2810. The number of carbonyl (C=O) groups excluding carboxylic acids is 8. The smallest absolute Gasteiger partial charge is 0.408 e. The molecule has 0 radical (unpaired) electrons. The van der Waals surface area contributed by atoms with Gasteiger partial charge < -0.3 is 62.1 Å². The molecule has 0 aliphatic carbocycles. The third-order valence-electron chi connectivity index (χ3n) is 13.8. The number of rotatable bonds is 31. The third-order valence-corrected chi connectivity index (χ3v) is 18.1.